The third-order valence-electron chi connectivity index (χ3n) is 7.86. The molecule has 2 aromatic rings. The van der Waals surface area contributed by atoms with Crippen LogP contribution in [0.5, 0.6) is 5.75 Å². The number of amides is 3. The van der Waals surface area contributed by atoms with Gasteiger partial charge in [-0.2, -0.15) is 0 Å². The number of carbonyl (C=O) groups is 4. The summed E-state index contributed by atoms with van der Waals surface area (Å²) in [6.07, 6.45) is 0.683. The molecule has 252 valence electrons. The molecule has 1 saturated carbocycles. The zero-order valence-corrected chi connectivity index (χ0v) is 28.6. The molecule has 10 nitrogen and oxygen atoms in total. The average molecular weight is 638 g/mol. The summed E-state index contributed by atoms with van der Waals surface area (Å²) in [5.74, 6) is -1.80. The number of ether oxygens (including phenoxy) is 2. The molecule has 1 aliphatic rings. The predicted molar refractivity (Wildman–Crippen MR) is 176 cm³/mol. The Morgan fingerprint density at radius 1 is 0.913 bits per heavy atom. The van der Waals surface area contributed by atoms with Crippen LogP contribution in [0, 0.1) is 11.8 Å². The molecule has 6 unspecified atom stereocenters. The average Bonchev–Trinajstić information content (AvgIpc) is 3.68. The van der Waals surface area contributed by atoms with Crippen LogP contribution in [0.15, 0.2) is 54.6 Å². The van der Waals surface area contributed by atoms with Crippen molar-refractivity contribution in [1.82, 2.24) is 15.5 Å². The lowest BCUT2D eigenvalue weighted by Gasteiger charge is -2.37. The number of rotatable bonds is 12. The van der Waals surface area contributed by atoms with Crippen molar-refractivity contribution in [2.75, 3.05) is 0 Å². The highest BCUT2D eigenvalue weighted by molar-refractivity contribution is 5.94. The number of esters is 1. The number of benzene rings is 2. The van der Waals surface area contributed by atoms with Crippen molar-refractivity contribution in [3.05, 3.63) is 65.7 Å². The first kappa shape index (κ1) is 36.4. The van der Waals surface area contributed by atoms with E-state index in [1.807, 2.05) is 51.1 Å². The third-order valence-corrected chi connectivity index (χ3v) is 7.86. The zero-order valence-electron chi connectivity index (χ0n) is 28.6. The van der Waals surface area contributed by atoms with Crippen molar-refractivity contribution in [3.8, 4) is 5.75 Å². The first-order valence-corrected chi connectivity index (χ1v) is 16.1. The van der Waals surface area contributed by atoms with E-state index in [9.17, 15) is 24.3 Å². The maximum atomic E-state index is 14.6. The lowest BCUT2D eigenvalue weighted by Crippen LogP contribution is -2.57. The summed E-state index contributed by atoms with van der Waals surface area (Å²) in [5, 5.41) is 15.7. The Hall–Kier alpha value is -4.08. The number of alkyl carbamates (subject to hydrolysis) is 1. The molecular formula is C36H51N3O7. The Balaban J connectivity index is 2.07. The van der Waals surface area contributed by atoms with E-state index in [1.54, 1.807) is 53.7 Å². The van der Waals surface area contributed by atoms with Crippen LogP contribution >= 0.6 is 0 Å². The molecule has 0 spiro atoms. The summed E-state index contributed by atoms with van der Waals surface area (Å²) >= 11 is 0. The number of nitrogens with one attached hydrogen (secondary N) is 2. The van der Waals surface area contributed by atoms with Gasteiger partial charge in [0.15, 0.2) is 0 Å². The fourth-order valence-corrected chi connectivity index (χ4v) is 5.21. The first-order valence-electron chi connectivity index (χ1n) is 16.1. The van der Waals surface area contributed by atoms with Gasteiger partial charge in [-0.1, -0.05) is 69.7 Å². The van der Waals surface area contributed by atoms with Gasteiger partial charge in [0.2, 0.25) is 11.8 Å². The number of phenolic OH excluding ortho intramolecular Hbond substituents is 1. The van der Waals surface area contributed by atoms with Crippen molar-refractivity contribution in [3.63, 3.8) is 0 Å². The van der Waals surface area contributed by atoms with Crippen LogP contribution in [0.4, 0.5) is 4.79 Å². The van der Waals surface area contributed by atoms with Crippen molar-refractivity contribution in [2.24, 2.45) is 11.8 Å². The molecule has 10 heteroatoms. The molecule has 46 heavy (non-hydrogen) atoms. The van der Waals surface area contributed by atoms with Gasteiger partial charge in [0.25, 0.3) is 0 Å². The van der Waals surface area contributed by atoms with Crippen LogP contribution in [0.3, 0.4) is 0 Å². The highest BCUT2D eigenvalue weighted by Crippen LogP contribution is 2.41. The Kier molecular flexibility index (Phi) is 11.9. The highest BCUT2D eigenvalue weighted by atomic mass is 16.6. The smallest absolute Gasteiger partial charge is 0.408 e. The molecule has 0 aromatic heterocycles. The van der Waals surface area contributed by atoms with Crippen molar-refractivity contribution < 1.29 is 33.8 Å². The van der Waals surface area contributed by atoms with E-state index in [2.05, 4.69) is 10.6 Å². The Bertz CT molecular complexity index is 1350. The van der Waals surface area contributed by atoms with Gasteiger partial charge in [-0.05, 0) is 83.1 Å². The molecule has 6 atom stereocenters. The molecule has 1 fully saturated rings. The van der Waals surface area contributed by atoms with Crippen LogP contribution in [0.2, 0.25) is 0 Å². The molecule has 0 radical (unpaired) electrons. The zero-order chi connectivity index (χ0) is 34.4. The number of aromatic hydroxyl groups is 1. The highest BCUT2D eigenvalue weighted by Gasteiger charge is 2.49. The maximum absolute atomic E-state index is 14.6. The fourth-order valence-electron chi connectivity index (χ4n) is 5.21. The van der Waals surface area contributed by atoms with Gasteiger partial charge in [-0.25, -0.2) is 9.59 Å². The minimum Gasteiger partial charge on any atom is -0.508 e. The summed E-state index contributed by atoms with van der Waals surface area (Å²) in [6.45, 7) is 16.3. The monoisotopic (exact) mass is 637 g/mol. The van der Waals surface area contributed by atoms with E-state index < -0.39 is 53.2 Å². The van der Waals surface area contributed by atoms with E-state index in [-0.39, 0.29) is 30.0 Å². The molecule has 0 saturated heterocycles. The van der Waals surface area contributed by atoms with Gasteiger partial charge < -0.3 is 30.1 Å². The normalized spacial score (nSPS) is 18.7. The molecule has 1 aliphatic carbocycles. The Morgan fingerprint density at radius 3 is 1.98 bits per heavy atom. The first-order chi connectivity index (χ1) is 21.4. The van der Waals surface area contributed by atoms with Crippen LogP contribution < -0.4 is 10.6 Å². The second kappa shape index (κ2) is 15.0. The minimum absolute atomic E-state index is 0.000331. The second-order valence-electron chi connectivity index (χ2n) is 14.3. The fraction of sp³-hybridized carbons (Fsp3) is 0.556. The molecule has 0 bridgehead atoms. The Labute approximate surface area is 273 Å². The molecule has 3 amide bonds. The summed E-state index contributed by atoms with van der Waals surface area (Å²) < 4.78 is 11.2. The number of nitrogens with zero attached hydrogens (tertiary/aromatic N) is 1. The maximum Gasteiger partial charge on any atom is 0.408 e. The van der Waals surface area contributed by atoms with Gasteiger partial charge in [0, 0.05) is 12.5 Å². The largest absolute Gasteiger partial charge is 0.508 e. The lowest BCUT2D eigenvalue weighted by molar-refractivity contribution is -0.159. The van der Waals surface area contributed by atoms with Gasteiger partial charge >= 0.3 is 12.1 Å². The van der Waals surface area contributed by atoms with Gasteiger partial charge in [0.05, 0.1) is 0 Å². The topological polar surface area (TPSA) is 134 Å². The van der Waals surface area contributed by atoms with E-state index in [4.69, 9.17) is 9.47 Å². The lowest BCUT2D eigenvalue weighted by atomic mass is 9.95. The molecular weight excluding hydrogens is 586 g/mol. The third kappa shape index (κ3) is 10.5. The van der Waals surface area contributed by atoms with Crippen molar-refractivity contribution in [2.45, 2.75) is 117 Å². The summed E-state index contributed by atoms with van der Waals surface area (Å²) in [5.41, 5.74) is -0.301. The van der Waals surface area contributed by atoms with Gasteiger partial charge in [0.1, 0.15) is 35.1 Å². The molecule has 3 rings (SSSR count). The van der Waals surface area contributed by atoms with Crippen LogP contribution in [0.25, 0.3) is 0 Å². The predicted octanol–water partition coefficient (Wildman–Crippen LogP) is 5.68. The SMILES string of the molecule is CCC(C)C(NC(=O)OC(C)(C)C)C(=O)N(C(C(=O)NC(Cc1ccccc1)C(=O)OC(C)(C)C)c1ccc(O)cc1)C1CC1C. The molecule has 0 heterocycles. The quantitative estimate of drug-likeness (QED) is 0.255. The Morgan fingerprint density at radius 2 is 1.48 bits per heavy atom. The summed E-state index contributed by atoms with van der Waals surface area (Å²) in [6, 6.07) is 11.9. The van der Waals surface area contributed by atoms with E-state index in [1.165, 1.54) is 17.0 Å². The standard InChI is InChI=1S/C36H51N3O7/c1-10-22(2)29(38-34(44)46-36(7,8)9)32(42)39(28-20-23(28)3)30(25-16-18-26(40)19-17-25)31(41)37-27(33(43)45-35(4,5)6)21-24-14-12-11-13-15-24/h11-19,22-23,27-30,40H,10,20-21H2,1-9H3,(H,37,41)(H,38,44). The van der Waals surface area contributed by atoms with Crippen molar-refractivity contribution >= 4 is 23.9 Å². The number of hydrogen-bond acceptors (Lipinski definition) is 7. The molecule has 3 N–H and O–H groups in total. The summed E-state index contributed by atoms with van der Waals surface area (Å²) in [7, 11) is 0. The molecule has 0 aliphatic heterocycles. The van der Waals surface area contributed by atoms with Gasteiger partial charge in [-0.3, -0.25) is 9.59 Å². The van der Waals surface area contributed by atoms with Gasteiger partial charge in [-0.15, -0.1) is 0 Å². The van der Waals surface area contributed by atoms with E-state index >= 15 is 0 Å². The van der Waals surface area contributed by atoms with E-state index in [0.29, 0.717) is 18.4 Å². The van der Waals surface area contributed by atoms with Crippen LogP contribution in [-0.2, 0) is 30.3 Å². The van der Waals surface area contributed by atoms with Crippen LogP contribution in [-0.4, -0.2) is 63.2 Å². The van der Waals surface area contributed by atoms with Crippen LogP contribution in [0.1, 0.15) is 92.3 Å². The number of carbonyl (C=O) groups excluding carboxylic acids is 4. The van der Waals surface area contributed by atoms with E-state index in [0.717, 1.165) is 5.56 Å². The number of phenols is 1. The second-order valence-corrected chi connectivity index (χ2v) is 14.3. The minimum atomic E-state index is -1.17. The molecule has 2 aromatic carbocycles. The summed E-state index contributed by atoms with van der Waals surface area (Å²) in [4.78, 5) is 57.0. The number of hydrogen-bond donors (Lipinski definition) is 3. The van der Waals surface area contributed by atoms with Crippen molar-refractivity contribution in [1.29, 1.82) is 0 Å².